The number of rotatable bonds is 3. The Hall–Kier alpha value is -1.81. The van der Waals surface area contributed by atoms with Gasteiger partial charge in [-0.15, -0.1) is 0 Å². The highest BCUT2D eigenvalue weighted by molar-refractivity contribution is 6.00. The smallest absolute Gasteiger partial charge is 0.0748 e. The van der Waals surface area contributed by atoms with Gasteiger partial charge >= 0.3 is 0 Å². The highest BCUT2D eigenvalue weighted by atomic mass is 16.5. The molecule has 4 heteroatoms. The number of aromatic nitrogens is 1. The van der Waals surface area contributed by atoms with Crippen LogP contribution in [0.3, 0.4) is 0 Å². The molecule has 0 aliphatic carbocycles. The Balaban J connectivity index is 1.89. The van der Waals surface area contributed by atoms with Crippen molar-refractivity contribution in [2.45, 2.75) is 25.9 Å². The Labute approximate surface area is 113 Å². The van der Waals surface area contributed by atoms with Gasteiger partial charge in [-0.3, -0.25) is 4.98 Å². The lowest BCUT2D eigenvalue weighted by Crippen LogP contribution is -2.18. The van der Waals surface area contributed by atoms with Crippen LogP contribution < -0.4 is 11.1 Å². The largest absolute Gasteiger partial charge is 0.398 e. The minimum Gasteiger partial charge on any atom is -0.398 e. The number of fused-ring (bicyclic) bond motifs is 1. The quantitative estimate of drug-likeness (QED) is 0.830. The van der Waals surface area contributed by atoms with Gasteiger partial charge in [0.25, 0.3) is 0 Å². The molecular formula is C15H19N3O. The molecule has 1 aliphatic heterocycles. The SMILES string of the molecule is Cc1cc2c(NCC3CCCO3)ccc(N)c2cn1. The first-order valence-electron chi connectivity index (χ1n) is 6.74. The maximum atomic E-state index is 6.00. The monoisotopic (exact) mass is 257 g/mol. The molecule has 100 valence electrons. The number of hydrogen-bond acceptors (Lipinski definition) is 4. The van der Waals surface area contributed by atoms with Gasteiger partial charge in [0.1, 0.15) is 0 Å². The summed E-state index contributed by atoms with van der Waals surface area (Å²) in [4.78, 5) is 4.31. The van der Waals surface area contributed by atoms with Crippen molar-refractivity contribution in [2.24, 2.45) is 0 Å². The maximum absolute atomic E-state index is 6.00. The molecule has 2 heterocycles. The van der Waals surface area contributed by atoms with Gasteiger partial charge in [0.2, 0.25) is 0 Å². The Morgan fingerprint density at radius 2 is 2.32 bits per heavy atom. The van der Waals surface area contributed by atoms with Gasteiger partial charge in [-0.25, -0.2) is 0 Å². The summed E-state index contributed by atoms with van der Waals surface area (Å²) in [5, 5.41) is 5.61. The fourth-order valence-corrected chi connectivity index (χ4v) is 2.55. The molecule has 1 unspecified atom stereocenters. The van der Waals surface area contributed by atoms with E-state index in [1.54, 1.807) is 0 Å². The second-order valence-corrected chi connectivity index (χ2v) is 5.09. The summed E-state index contributed by atoms with van der Waals surface area (Å²) >= 11 is 0. The molecule has 19 heavy (non-hydrogen) atoms. The predicted octanol–water partition coefficient (Wildman–Crippen LogP) is 2.72. The fraction of sp³-hybridized carbons (Fsp3) is 0.400. The lowest BCUT2D eigenvalue weighted by molar-refractivity contribution is 0.120. The second-order valence-electron chi connectivity index (χ2n) is 5.09. The van der Waals surface area contributed by atoms with Crippen molar-refractivity contribution in [3.63, 3.8) is 0 Å². The number of nitrogens with zero attached hydrogens (tertiary/aromatic N) is 1. The molecule has 0 bridgehead atoms. The minimum atomic E-state index is 0.329. The third kappa shape index (κ3) is 2.49. The summed E-state index contributed by atoms with van der Waals surface area (Å²) in [5.74, 6) is 0. The van der Waals surface area contributed by atoms with Gasteiger partial charge in [-0.1, -0.05) is 0 Å². The molecule has 0 radical (unpaired) electrons. The van der Waals surface area contributed by atoms with Crippen LogP contribution in [0.15, 0.2) is 24.4 Å². The molecule has 0 amide bonds. The number of nitrogens with two attached hydrogens (primary N) is 1. The number of pyridine rings is 1. The molecular weight excluding hydrogens is 238 g/mol. The van der Waals surface area contributed by atoms with Crippen molar-refractivity contribution >= 4 is 22.1 Å². The van der Waals surface area contributed by atoms with E-state index >= 15 is 0 Å². The lowest BCUT2D eigenvalue weighted by Gasteiger charge is -2.14. The van der Waals surface area contributed by atoms with Gasteiger partial charge in [0.15, 0.2) is 0 Å². The number of anilines is 2. The number of nitrogens with one attached hydrogen (secondary N) is 1. The van der Waals surface area contributed by atoms with Crippen LogP contribution in [0.2, 0.25) is 0 Å². The van der Waals surface area contributed by atoms with Crippen LogP contribution in [0.25, 0.3) is 10.8 Å². The molecule has 3 rings (SSSR count). The molecule has 1 atom stereocenters. The molecule has 1 saturated heterocycles. The van der Waals surface area contributed by atoms with Gasteiger partial charge in [0, 0.05) is 47.2 Å². The second kappa shape index (κ2) is 5.05. The van der Waals surface area contributed by atoms with E-state index < -0.39 is 0 Å². The van der Waals surface area contributed by atoms with Crippen molar-refractivity contribution in [3.8, 4) is 0 Å². The average molecular weight is 257 g/mol. The minimum absolute atomic E-state index is 0.329. The van der Waals surface area contributed by atoms with E-state index in [0.29, 0.717) is 6.10 Å². The number of nitrogen functional groups attached to an aromatic ring is 1. The lowest BCUT2D eigenvalue weighted by atomic mass is 10.1. The van der Waals surface area contributed by atoms with Crippen LogP contribution in [-0.4, -0.2) is 24.2 Å². The molecule has 0 spiro atoms. The summed E-state index contributed by atoms with van der Waals surface area (Å²) in [6.07, 6.45) is 4.48. The van der Waals surface area contributed by atoms with E-state index in [4.69, 9.17) is 10.5 Å². The van der Waals surface area contributed by atoms with E-state index in [0.717, 1.165) is 53.8 Å². The van der Waals surface area contributed by atoms with Gasteiger partial charge in [-0.05, 0) is 38.0 Å². The molecule has 1 aliphatic rings. The third-order valence-corrected chi connectivity index (χ3v) is 3.62. The van der Waals surface area contributed by atoms with Gasteiger partial charge < -0.3 is 15.8 Å². The molecule has 3 N–H and O–H groups in total. The first kappa shape index (κ1) is 12.2. The van der Waals surface area contributed by atoms with Crippen LogP contribution in [0, 0.1) is 6.92 Å². The molecule has 0 saturated carbocycles. The van der Waals surface area contributed by atoms with E-state index in [9.17, 15) is 0 Å². The van der Waals surface area contributed by atoms with Crippen molar-refractivity contribution < 1.29 is 4.74 Å². The van der Waals surface area contributed by atoms with Crippen molar-refractivity contribution in [3.05, 3.63) is 30.1 Å². The maximum Gasteiger partial charge on any atom is 0.0748 e. The van der Waals surface area contributed by atoms with Crippen LogP contribution in [0.4, 0.5) is 11.4 Å². The number of aryl methyl sites for hydroxylation is 1. The zero-order valence-electron chi connectivity index (χ0n) is 11.1. The first-order valence-corrected chi connectivity index (χ1v) is 6.74. The van der Waals surface area contributed by atoms with Crippen molar-refractivity contribution in [1.82, 2.24) is 4.98 Å². The van der Waals surface area contributed by atoms with Crippen LogP contribution >= 0.6 is 0 Å². The molecule has 1 fully saturated rings. The summed E-state index contributed by atoms with van der Waals surface area (Å²) in [6.45, 7) is 3.73. The normalized spacial score (nSPS) is 18.9. The Morgan fingerprint density at radius 3 is 3.11 bits per heavy atom. The van der Waals surface area contributed by atoms with Gasteiger partial charge in [0.05, 0.1) is 6.10 Å². The Morgan fingerprint density at radius 1 is 1.42 bits per heavy atom. The van der Waals surface area contributed by atoms with Crippen LogP contribution in [-0.2, 0) is 4.74 Å². The van der Waals surface area contributed by atoms with E-state index in [1.165, 1.54) is 0 Å². The highest BCUT2D eigenvalue weighted by Crippen LogP contribution is 2.28. The van der Waals surface area contributed by atoms with Crippen LogP contribution in [0.5, 0.6) is 0 Å². The predicted molar refractivity (Wildman–Crippen MR) is 78.4 cm³/mol. The van der Waals surface area contributed by atoms with E-state index in [2.05, 4.69) is 16.4 Å². The van der Waals surface area contributed by atoms with Gasteiger partial charge in [-0.2, -0.15) is 0 Å². The topological polar surface area (TPSA) is 60.2 Å². The van der Waals surface area contributed by atoms with E-state index in [1.807, 2.05) is 25.3 Å². The number of hydrogen-bond donors (Lipinski definition) is 2. The zero-order valence-corrected chi connectivity index (χ0v) is 11.1. The first-order chi connectivity index (χ1) is 9.24. The van der Waals surface area contributed by atoms with Crippen molar-refractivity contribution in [1.29, 1.82) is 0 Å². The third-order valence-electron chi connectivity index (χ3n) is 3.62. The summed E-state index contributed by atoms with van der Waals surface area (Å²) in [5.41, 5.74) is 8.87. The molecule has 1 aromatic heterocycles. The summed E-state index contributed by atoms with van der Waals surface area (Å²) in [7, 11) is 0. The van der Waals surface area contributed by atoms with Crippen LogP contribution in [0.1, 0.15) is 18.5 Å². The summed E-state index contributed by atoms with van der Waals surface area (Å²) in [6, 6.07) is 6.03. The molecule has 4 nitrogen and oxygen atoms in total. The zero-order chi connectivity index (χ0) is 13.2. The van der Waals surface area contributed by atoms with Crippen molar-refractivity contribution in [2.75, 3.05) is 24.2 Å². The number of ether oxygens (including phenoxy) is 1. The standard InChI is InChI=1S/C15H19N3O/c1-10-7-12-13(9-17-10)14(16)4-5-15(12)18-8-11-3-2-6-19-11/h4-5,7,9,11,18H,2-3,6,8,16H2,1H3. The Bertz CT molecular complexity index is 591. The average Bonchev–Trinajstić information content (AvgIpc) is 2.91. The Kier molecular flexibility index (Phi) is 3.25. The van der Waals surface area contributed by atoms with E-state index in [-0.39, 0.29) is 0 Å². The number of benzene rings is 1. The highest BCUT2D eigenvalue weighted by Gasteiger charge is 2.15. The summed E-state index contributed by atoms with van der Waals surface area (Å²) < 4.78 is 5.63. The fourth-order valence-electron chi connectivity index (χ4n) is 2.55. The molecule has 1 aromatic carbocycles. The molecule has 2 aromatic rings.